The number of thiazole rings is 1. The number of carbonyl (C=O) groups excluding carboxylic acids is 2. The number of alkyl halides is 2. The lowest BCUT2D eigenvalue weighted by atomic mass is 10.1. The number of ether oxygens (including phenoxy) is 1. The van der Waals surface area contributed by atoms with Crippen molar-refractivity contribution in [3.05, 3.63) is 11.1 Å². The van der Waals surface area contributed by atoms with Gasteiger partial charge in [-0.15, -0.1) is 0 Å². The van der Waals surface area contributed by atoms with Crippen LogP contribution >= 0.6 is 11.3 Å². The lowest BCUT2D eigenvalue weighted by molar-refractivity contribution is -0.126. The van der Waals surface area contributed by atoms with Gasteiger partial charge in [0.1, 0.15) is 5.60 Å². The number of amides is 1. The van der Waals surface area contributed by atoms with E-state index in [0.717, 1.165) is 11.3 Å². The Kier molecular flexibility index (Phi) is 4.48. The first kappa shape index (κ1) is 16.8. The number of anilines is 1. The molecule has 1 aromatic heterocycles. The van der Waals surface area contributed by atoms with Gasteiger partial charge in [-0.25, -0.2) is 18.6 Å². The Morgan fingerprint density at radius 3 is 2.64 bits per heavy atom. The van der Waals surface area contributed by atoms with Gasteiger partial charge in [0.05, 0.1) is 30.7 Å². The molecule has 1 aromatic rings. The summed E-state index contributed by atoms with van der Waals surface area (Å²) in [5.74, 6) is -3.00. The summed E-state index contributed by atoms with van der Waals surface area (Å²) in [5.41, 5.74) is -0.636. The zero-order valence-electron chi connectivity index (χ0n) is 12.5. The van der Waals surface area contributed by atoms with Crippen molar-refractivity contribution in [3.63, 3.8) is 0 Å². The van der Waals surface area contributed by atoms with Crippen LogP contribution in [0.25, 0.3) is 0 Å². The molecule has 6 nitrogen and oxygen atoms in total. The van der Waals surface area contributed by atoms with Crippen molar-refractivity contribution < 1.29 is 23.1 Å². The molecule has 1 aliphatic rings. The molecule has 122 valence electrons. The Labute approximate surface area is 130 Å². The SMILES string of the molecule is CC(C)(C)OC(=O)Nc1ncc(C(=O)CN2CC(F)(F)C2)s1. The highest BCUT2D eigenvalue weighted by Gasteiger charge is 2.44. The Morgan fingerprint density at radius 2 is 2.09 bits per heavy atom. The molecule has 0 unspecified atom stereocenters. The van der Waals surface area contributed by atoms with Gasteiger partial charge < -0.3 is 4.74 Å². The van der Waals surface area contributed by atoms with Crippen molar-refractivity contribution in [3.8, 4) is 0 Å². The van der Waals surface area contributed by atoms with Crippen molar-refractivity contribution in [2.45, 2.75) is 32.3 Å². The first-order valence-electron chi connectivity index (χ1n) is 6.63. The summed E-state index contributed by atoms with van der Waals surface area (Å²) in [5, 5.41) is 2.66. The van der Waals surface area contributed by atoms with E-state index in [4.69, 9.17) is 4.74 Å². The summed E-state index contributed by atoms with van der Waals surface area (Å²) in [7, 11) is 0. The van der Waals surface area contributed by atoms with Crippen LogP contribution < -0.4 is 5.32 Å². The van der Waals surface area contributed by atoms with Gasteiger partial charge in [-0.1, -0.05) is 11.3 Å². The molecular formula is C13H17F2N3O3S. The molecule has 0 spiro atoms. The van der Waals surface area contributed by atoms with Gasteiger partial charge >= 0.3 is 6.09 Å². The van der Waals surface area contributed by atoms with Crippen molar-refractivity contribution in [1.82, 2.24) is 9.88 Å². The molecule has 1 N–H and O–H groups in total. The predicted molar refractivity (Wildman–Crippen MR) is 77.7 cm³/mol. The highest BCUT2D eigenvalue weighted by atomic mass is 32.1. The summed E-state index contributed by atoms with van der Waals surface area (Å²) in [6.45, 7) is 4.30. The lowest BCUT2D eigenvalue weighted by Crippen LogP contribution is -2.57. The third-order valence-corrected chi connectivity index (χ3v) is 3.62. The average Bonchev–Trinajstić information content (AvgIpc) is 2.72. The Morgan fingerprint density at radius 1 is 1.45 bits per heavy atom. The Hall–Kier alpha value is -1.61. The van der Waals surface area contributed by atoms with Crippen molar-refractivity contribution >= 4 is 28.3 Å². The zero-order valence-corrected chi connectivity index (χ0v) is 13.3. The molecule has 0 aromatic carbocycles. The number of ketones is 1. The Balaban J connectivity index is 1.86. The number of nitrogens with zero attached hydrogens (tertiary/aromatic N) is 2. The standard InChI is InChI=1S/C13H17F2N3O3S/c1-12(2,3)21-11(20)17-10-16-4-9(22-10)8(19)5-18-6-13(14,15)7-18/h4H,5-7H2,1-3H3,(H,16,17,20). The van der Waals surface area contributed by atoms with Gasteiger partial charge in [-0.3, -0.25) is 15.0 Å². The van der Waals surface area contributed by atoms with Gasteiger partial charge in [0.2, 0.25) is 0 Å². The number of aromatic nitrogens is 1. The van der Waals surface area contributed by atoms with Crippen LogP contribution in [-0.2, 0) is 4.74 Å². The molecule has 2 rings (SSSR count). The second kappa shape index (κ2) is 5.88. The number of hydrogen-bond acceptors (Lipinski definition) is 6. The molecule has 0 bridgehead atoms. The predicted octanol–water partition coefficient (Wildman–Crippen LogP) is 2.62. The summed E-state index contributed by atoms with van der Waals surface area (Å²) in [6, 6.07) is 0. The van der Waals surface area contributed by atoms with Gasteiger partial charge in [0.15, 0.2) is 10.9 Å². The Bertz CT molecular complexity index is 575. The number of nitrogens with one attached hydrogen (secondary N) is 1. The van der Waals surface area contributed by atoms with E-state index in [1.165, 1.54) is 11.1 Å². The van der Waals surface area contributed by atoms with Crippen LogP contribution in [0.15, 0.2) is 6.20 Å². The van der Waals surface area contributed by atoms with Crippen LogP contribution in [-0.4, -0.2) is 52.9 Å². The van der Waals surface area contributed by atoms with Crippen molar-refractivity contribution in [2.24, 2.45) is 0 Å². The van der Waals surface area contributed by atoms with Gasteiger partial charge in [-0.2, -0.15) is 0 Å². The highest BCUT2D eigenvalue weighted by molar-refractivity contribution is 7.17. The minimum Gasteiger partial charge on any atom is -0.444 e. The molecular weight excluding hydrogens is 316 g/mol. The minimum absolute atomic E-state index is 0.0797. The first-order chi connectivity index (χ1) is 10.0. The topological polar surface area (TPSA) is 71.5 Å². The number of carbonyl (C=O) groups is 2. The van der Waals surface area contributed by atoms with Crippen LogP contribution in [0.3, 0.4) is 0 Å². The molecule has 0 radical (unpaired) electrons. The van der Waals surface area contributed by atoms with E-state index in [9.17, 15) is 18.4 Å². The van der Waals surface area contributed by atoms with Crippen LogP contribution in [0.2, 0.25) is 0 Å². The molecule has 22 heavy (non-hydrogen) atoms. The van der Waals surface area contributed by atoms with E-state index in [-0.39, 0.29) is 17.5 Å². The molecule has 2 heterocycles. The van der Waals surface area contributed by atoms with Crippen LogP contribution in [0.1, 0.15) is 30.4 Å². The monoisotopic (exact) mass is 333 g/mol. The quantitative estimate of drug-likeness (QED) is 0.858. The second-order valence-electron chi connectivity index (χ2n) is 6.08. The molecule has 0 aliphatic carbocycles. The third kappa shape index (κ3) is 4.70. The minimum atomic E-state index is -2.70. The summed E-state index contributed by atoms with van der Waals surface area (Å²) in [6.07, 6.45) is 0.653. The van der Waals surface area contributed by atoms with Gasteiger partial charge in [0, 0.05) is 0 Å². The zero-order chi connectivity index (χ0) is 16.5. The number of halogens is 2. The maximum atomic E-state index is 12.7. The summed E-state index contributed by atoms with van der Waals surface area (Å²) in [4.78, 5) is 29.1. The van der Waals surface area contributed by atoms with Crippen molar-refractivity contribution in [1.29, 1.82) is 0 Å². The number of Topliss-reactive ketones (excluding diaryl/α,β-unsaturated/α-hetero) is 1. The smallest absolute Gasteiger partial charge is 0.413 e. The largest absolute Gasteiger partial charge is 0.444 e. The van der Waals surface area contributed by atoms with Crippen LogP contribution in [0.4, 0.5) is 18.7 Å². The van der Waals surface area contributed by atoms with E-state index in [2.05, 4.69) is 10.3 Å². The fourth-order valence-corrected chi connectivity index (χ4v) is 2.58. The molecule has 1 fully saturated rings. The molecule has 1 amide bonds. The summed E-state index contributed by atoms with van der Waals surface area (Å²) >= 11 is 0.985. The van der Waals surface area contributed by atoms with Gasteiger partial charge in [-0.05, 0) is 20.8 Å². The third-order valence-electron chi connectivity index (χ3n) is 2.67. The van der Waals surface area contributed by atoms with Crippen molar-refractivity contribution in [2.75, 3.05) is 25.0 Å². The number of rotatable bonds is 4. The van der Waals surface area contributed by atoms with E-state index in [1.807, 2.05) is 0 Å². The lowest BCUT2D eigenvalue weighted by Gasteiger charge is -2.37. The normalized spacial score (nSPS) is 17.7. The van der Waals surface area contributed by atoms with Gasteiger partial charge in [0.25, 0.3) is 5.92 Å². The highest BCUT2D eigenvalue weighted by Crippen LogP contribution is 2.27. The summed E-state index contributed by atoms with van der Waals surface area (Å²) < 4.78 is 30.5. The molecule has 0 atom stereocenters. The maximum Gasteiger partial charge on any atom is 0.413 e. The molecule has 0 saturated carbocycles. The molecule has 1 saturated heterocycles. The fourth-order valence-electron chi connectivity index (χ4n) is 1.85. The van der Waals surface area contributed by atoms with E-state index in [0.29, 0.717) is 4.88 Å². The first-order valence-corrected chi connectivity index (χ1v) is 7.45. The van der Waals surface area contributed by atoms with Crippen LogP contribution in [0.5, 0.6) is 0 Å². The van der Waals surface area contributed by atoms with E-state index < -0.39 is 30.7 Å². The van der Waals surface area contributed by atoms with E-state index in [1.54, 1.807) is 20.8 Å². The fraction of sp³-hybridized carbons (Fsp3) is 0.615. The number of hydrogen-bond donors (Lipinski definition) is 1. The maximum absolute atomic E-state index is 12.7. The number of likely N-dealkylation sites (tertiary alicyclic amines) is 1. The average molecular weight is 333 g/mol. The van der Waals surface area contributed by atoms with E-state index >= 15 is 0 Å². The molecule has 1 aliphatic heterocycles. The molecule has 9 heteroatoms. The van der Waals surface area contributed by atoms with Crippen LogP contribution in [0, 0.1) is 0 Å². The second-order valence-corrected chi connectivity index (χ2v) is 7.11.